The van der Waals surface area contributed by atoms with Crippen LogP contribution >= 0.6 is 15.9 Å². The summed E-state index contributed by atoms with van der Waals surface area (Å²) in [7, 11) is 0. The molecule has 0 radical (unpaired) electrons. The van der Waals surface area contributed by atoms with Crippen molar-refractivity contribution in [1.29, 1.82) is 0 Å². The van der Waals surface area contributed by atoms with E-state index in [1.165, 1.54) is 0 Å². The zero-order valence-electron chi connectivity index (χ0n) is 9.39. The Labute approximate surface area is 110 Å². The molecular formula is C12H12BrF3N2. The number of alkyl halides is 3. The Morgan fingerprint density at radius 1 is 1.33 bits per heavy atom. The van der Waals surface area contributed by atoms with Gasteiger partial charge in [-0.15, -0.1) is 0 Å². The Kier molecular flexibility index (Phi) is 3.68. The summed E-state index contributed by atoms with van der Waals surface area (Å²) in [5, 5.41) is 0.860. The minimum atomic E-state index is -4.16. The largest absolute Gasteiger partial charge is 0.389 e. The zero-order chi connectivity index (χ0) is 13.3. The first-order chi connectivity index (χ1) is 8.37. The number of nitrogens with one attached hydrogen (secondary N) is 1. The molecule has 1 aromatic heterocycles. The van der Waals surface area contributed by atoms with Gasteiger partial charge in [-0.1, -0.05) is 15.9 Å². The van der Waals surface area contributed by atoms with E-state index < -0.39 is 18.6 Å². The Morgan fingerprint density at radius 2 is 2.06 bits per heavy atom. The van der Waals surface area contributed by atoms with Crippen LogP contribution < -0.4 is 5.73 Å². The summed E-state index contributed by atoms with van der Waals surface area (Å²) in [6.07, 6.45) is -3.46. The molecule has 3 N–H and O–H groups in total. The molecule has 18 heavy (non-hydrogen) atoms. The summed E-state index contributed by atoms with van der Waals surface area (Å²) >= 11 is 3.34. The number of nitrogens with two attached hydrogens (primary N) is 1. The van der Waals surface area contributed by atoms with E-state index in [4.69, 9.17) is 5.73 Å². The molecule has 98 valence electrons. The molecule has 0 saturated carbocycles. The highest BCUT2D eigenvalue weighted by atomic mass is 79.9. The van der Waals surface area contributed by atoms with Gasteiger partial charge >= 0.3 is 6.18 Å². The van der Waals surface area contributed by atoms with Crippen LogP contribution in [0.4, 0.5) is 13.2 Å². The number of hydrogen-bond acceptors (Lipinski definition) is 1. The maximum absolute atomic E-state index is 12.2. The smallest absolute Gasteiger partial charge is 0.361 e. The third kappa shape index (κ3) is 3.05. The molecule has 1 heterocycles. The predicted molar refractivity (Wildman–Crippen MR) is 68.2 cm³/mol. The fourth-order valence-corrected chi connectivity index (χ4v) is 2.26. The lowest BCUT2D eigenvalue weighted by atomic mass is 10.0. The van der Waals surface area contributed by atoms with Gasteiger partial charge in [0.15, 0.2) is 0 Å². The summed E-state index contributed by atoms with van der Waals surface area (Å²) in [6.45, 7) is 0. The van der Waals surface area contributed by atoms with Crippen molar-refractivity contribution in [3.8, 4) is 0 Å². The topological polar surface area (TPSA) is 41.8 Å². The van der Waals surface area contributed by atoms with Gasteiger partial charge < -0.3 is 10.7 Å². The Balaban J connectivity index is 2.22. The van der Waals surface area contributed by atoms with Crippen LogP contribution in [0.2, 0.25) is 0 Å². The van der Waals surface area contributed by atoms with Gasteiger partial charge in [0.25, 0.3) is 0 Å². The molecule has 0 saturated heterocycles. The lowest BCUT2D eigenvalue weighted by Crippen LogP contribution is -2.15. The molecule has 0 aliphatic rings. The Hall–Kier alpha value is -1.01. The summed E-state index contributed by atoms with van der Waals surface area (Å²) < 4.78 is 37.4. The van der Waals surface area contributed by atoms with Gasteiger partial charge in [0.1, 0.15) is 0 Å². The summed E-state index contributed by atoms with van der Waals surface area (Å²) in [6, 6.07) is 4.97. The van der Waals surface area contributed by atoms with E-state index in [0.29, 0.717) is 0 Å². The van der Waals surface area contributed by atoms with E-state index in [1.54, 1.807) is 6.20 Å². The molecular weight excluding hydrogens is 309 g/mol. The molecule has 2 rings (SSSR count). The molecule has 1 atom stereocenters. The van der Waals surface area contributed by atoms with Crippen LogP contribution in [-0.4, -0.2) is 11.2 Å². The van der Waals surface area contributed by atoms with Gasteiger partial charge in [-0.05, 0) is 30.2 Å². The third-order valence-electron chi connectivity index (χ3n) is 2.81. The number of aromatic amines is 1. The number of hydrogen-bond donors (Lipinski definition) is 2. The number of aromatic nitrogens is 1. The van der Waals surface area contributed by atoms with Crippen molar-refractivity contribution in [2.75, 3.05) is 0 Å². The predicted octanol–water partition coefficient (Wildman–Crippen LogP) is 4.27. The Morgan fingerprint density at radius 3 is 2.72 bits per heavy atom. The molecule has 2 nitrogen and oxygen atoms in total. The summed E-state index contributed by atoms with van der Waals surface area (Å²) in [5.74, 6) is 0. The van der Waals surface area contributed by atoms with Crippen molar-refractivity contribution < 1.29 is 13.2 Å². The van der Waals surface area contributed by atoms with Gasteiger partial charge in [-0.3, -0.25) is 0 Å². The minimum Gasteiger partial charge on any atom is -0.361 e. The molecule has 0 aliphatic heterocycles. The average molecular weight is 321 g/mol. The van der Waals surface area contributed by atoms with Crippen LogP contribution in [0.5, 0.6) is 0 Å². The SMILES string of the molecule is N[C@H](CCC(F)(F)F)c1c[nH]c2ccc(Br)cc12. The first-order valence-corrected chi connectivity index (χ1v) is 6.25. The Bertz CT molecular complexity index is 548. The van der Waals surface area contributed by atoms with Crippen molar-refractivity contribution in [1.82, 2.24) is 4.98 Å². The number of halogens is 4. The van der Waals surface area contributed by atoms with E-state index in [2.05, 4.69) is 20.9 Å². The molecule has 0 bridgehead atoms. The molecule has 0 spiro atoms. The van der Waals surface area contributed by atoms with E-state index in [1.807, 2.05) is 18.2 Å². The van der Waals surface area contributed by atoms with Crippen LogP contribution in [0.15, 0.2) is 28.9 Å². The molecule has 0 fully saturated rings. The number of fused-ring (bicyclic) bond motifs is 1. The summed E-state index contributed by atoms with van der Waals surface area (Å²) in [5.41, 5.74) is 7.42. The number of benzene rings is 1. The molecule has 0 amide bonds. The van der Waals surface area contributed by atoms with E-state index in [0.717, 1.165) is 20.9 Å². The van der Waals surface area contributed by atoms with E-state index in [-0.39, 0.29) is 6.42 Å². The number of H-pyrrole nitrogens is 1. The van der Waals surface area contributed by atoms with Crippen molar-refractivity contribution in [2.24, 2.45) is 5.73 Å². The average Bonchev–Trinajstić information content (AvgIpc) is 2.67. The third-order valence-corrected chi connectivity index (χ3v) is 3.31. The van der Waals surface area contributed by atoms with E-state index >= 15 is 0 Å². The van der Waals surface area contributed by atoms with Gasteiger partial charge in [0.2, 0.25) is 0 Å². The maximum atomic E-state index is 12.2. The second-order valence-corrected chi connectivity index (χ2v) is 5.11. The van der Waals surface area contributed by atoms with Crippen LogP contribution in [0.3, 0.4) is 0 Å². The monoisotopic (exact) mass is 320 g/mol. The fourth-order valence-electron chi connectivity index (χ4n) is 1.90. The highest BCUT2D eigenvalue weighted by Gasteiger charge is 2.28. The standard InChI is InChI=1S/C12H12BrF3N2/c13-7-1-2-11-8(5-7)9(6-18-11)10(17)3-4-12(14,15)16/h1-2,5-6,10,18H,3-4,17H2/t10-/m1/s1. The maximum Gasteiger partial charge on any atom is 0.389 e. The second kappa shape index (κ2) is 4.93. The minimum absolute atomic E-state index is 0.108. The molecule has 1 aromatic carbocycles. The van der Waals surface area contributed by atoms with Crippen molar-refractivity contribution >= 4 is 26.8 Å². The van der Waals surface area contributed by atoms with Crippen LogP contribution in [0.25, 0.3) is 10.9 Å². The molecule has 0 aliphatic carbocycles. The number of rotatable bonds is 3. The normalized spacial score (nSPS) is 14.1. The van der Waals surface area contributed by atoms with Crippen molar-refractivity contribution in [3.05, 3.63) is 34.4 Å². The van der Waals surface area contributed by atoms with Gasteiger partial charge in [0, 0.05) is 34.0 Å². The van der Waals surface area contributed by atoms with E-state index in [9.17, 15) is 13.2 Å². The van der Waals surface area contributed by atoms with Crippen molar-refractivity contribution in [3.63, 3.8) is 0 Å². The van der Waals surface area contributed by atoms with Crippen molar-refractivity contribution in [2.45, 2.75) is 25.1 Å². The van der Waals surface area contributed by atoms with Gasteiger partial charge in [-0.2, -0.15) is 13.2 Å². The molecule has 6 heteroatoms. The first-order valence-electron chi connectivity index (χ1n) is 5.46. The first kappa shape index (κ1) is 13.4. The fraction of sp³-hybridized carbons (Fsp3) is 0.333. The highest BCUT2D eigenvalue weighted by molar-refractivity contribution is 9.10. The second-order valence-electron chi connectivity index (χ2n) is 4.19. The lowest BCUT2D eigenvalue weighted by molar-refractivity contribution is -0.136. The van der Waals surface area contributed by atoms with Gasteiger partial charge in [-0.25, -0.2) is 0 Å². The summed E-state index contributed by atoms with van der Waals surface area (Å²) in [4.78, 5) is 3.01. The van der Waals surface area contributed by atoms with Crippen LogP contribution in [0.1, 0.15) is 24.4 Å². The van der Waals surface area contributed by atoms with Crippen LogP contribution in [0, 0.1) is 0 Å². The van der Waals surface area contributed by atoms with Crippen LogP contribution in [-0.2, 0) is 0 Å². The molecule has 0 unspecified atom stereocenters. The highest BCUT2D eigenvalue weighted by Crippen LogP contribution is 2.31. The van der Waals surface area contributed by atoms with Gasteiger partial charge in [0.05, 0.1) is 0 Å². The lowest BCUT2D eigenvalue weighted by Gasteiger charge is -2.12. The zero-order valence-corrected chi connectivity index (χ0v) is 11.0. The molecule has 2 aromatic rings. The quantitative estimate of drug-likeness (QED) is 0.871.